The van der Waals surface area contributed by atoms with Crippen molar-refractivity contribution in [1.82, 2.24) is 9.55 Å². The van der Waals surface area contributed by atoms with Crippen LogP contribution in [0.1, 0.15) is 5.82 Å². The Morgan fingerprint density at radius 3 is 2.63 bits per heavy atom. The molecule has 2 aromatic rings. The number of rotatable bonds is 1. The third kappa shape index (κ3) is 2.06. The van der Waals surface area contributed by atoms with Crippen molar-refractivity contribution in [2.24, 2.45) is 0 Å². The number of benzene rings is 1. The van der Waals surface area contributed by atoms with Gasteiger partial charge in [0.2, 0.25) is 10.6 Å². The maximum absolute atomic E-state index is 8.90. The van der Waals surface area contributed by atoms with Gasteiger partial charge in [-0.3, -0.25) is 0 Å². The SMILES string of the molecule is N#CCn1c(C(Cl)(Cl)Cl)nc2cc3c(cc21)OCO3. The van der Waals surface area contributed by atoms with Crippen LogP contribution in [-0.2, 0) is 10.3 Å². The van der Waals surface area contributed by atoms with Crippen molar-refractivity contribution in [3.8, 4) is 17.6 Å². The molecule has 0 spiro atoms. The second-order valence-electron chi connectivity index (χ2n) is 3.87. The molecule has 0 unspecified atom stereocenters. The van der Waals surface area contributed by atoms with Gasteiger partial charge in [0.15, 0.2) is 17.3 Å². The Morgan fingerprint density at radius 1 is 1.32 bits per heavy atom. The van der Waals surface area contributed by atoms with Crippen LogP contribution in [-0.4, -0.2) is 16.3 Å². The van der Waals surface area contributed by atoms with Crippen LogP contribution in [0.3, 0.4) is 0 Å². The molecule has 8 heteroatoms. The second kappa shape index (κ2) is 4.34. The summed E-state index contributed by atoms with van der Waals surface area (Å²) in [5.74, 6) is 1.37. The molecule has 1 aliphatic heterocycles. The molecule has 1 aliphatic rings. The largest absolute Gasteiger partial charge is 0.454 e. The van der Waals surface area contributed by atoms with Gasteiger partial charge in [-0.2, -0.15) is 5.26 Å². The van der Waals surface area contributed by atoms with Crippen LogP contribution in [0, 0.1) is 11.3 Å². The normalized spacial score (nSPS) is 13.8. The Hall–Kier alpha value is -1.35. The molecule has 0 fully saturated rings. The zero-order valence-corrected chi connectivity index (χ0v) is 11.6. The van der Waals surface area contributed by atoms with Crippen LogP contribution >= 0.6 is 34.8 Å². The van der Waals surface area contributed by atoms with Gasteiger partial charge in [-0.15, -0.1) is 0 Å². The van der Waals surface area contributed by atoms with Gasteiger partial charge < -0.3 is 14.0 Å². The van der Waals surface area contributed by atoms with Crippen LogP contribution in [0.25, 0.3) is 11.0 Å². The van der Waals surface area contributed by atoms with E-state index in [1.54, 1.807) is 16.7 Å². The van der Waals surface area contributed by atoms with E-state index in [1.165, 1.54) is 0 Å². The van der Waals surface area contributed by atoms with Crippen molar-refractivity contribution in [2.75, 3.05) is 6.79 Å². The van der Waals surface area contributed by atoms with E-state index in [0.29, 0.717) is 22.5 Å². The van der Waals surface area contributed by atoms with E-state index in [-0.39, 0.29) is 19.2 Å². The Labute approximate surface area is 123 Å². The number of fused-ring (bicyclic) bond motifs is 2. The number of halogens is 3. The zero-order valence-electron chi connectivity index (χ0n) is 9.36. The number of alkyl halides is 3. The first-order valence-corrected chi connectivity index (χ1v) is 6.38. The summed E-state index contributed by atoms with van der Waals surface area (Å²) in [5.41, 5.74) is 1.24. The average molecular weight is 319 g/mol. The van der Waals surface area contributed by atoms with Crippen LogP contribution in [0.15, 0.2) is 12.1 Å². The van der Waals surface area contributed by atoms with Crippen molar-refractivity contribution in [3.05, 3.63) is 18.0 Å². The third-order valence-electron chi connectivity index (χ3n) is 2.72. The minimum Gasteiger partial charge on any atom is -0.454 e. The highest BCUT2D eigenvalue weighted by atomic mass is 35.6. The van der Waals surface area contributed by atoms with Crippen molar-refractivity contribution >= 4 is 45.8 Å². The summed E-state index contributed by atoms with van der Waals surface area (Å²) >= 11 is 17.6. The number of hydrogen-bond donors (Lipinski definition) is 0. The highest BCUT2D eigenvalue weighted by molar-refractivity contribution is 6.66. The van der Waals surface area contributed by atoms with Gasteiger partial charge in [0.05, 0.1) is 17.1 Å². The molecule has 0 atom stereocenters. The predicted octanol–water partition coefficient (Wildman–Crippen LogP) is 3.12. The molecule has 0 radical (unpaired) electrons. The number of nitriles is 1. The first-order chi connectivity index (χ1) is 9.00. The first kappa shape index (κ1) is 12.7. The Kier molecular flexibility index (Phi) is 2.90. The summed E-state index contributed by atoms with van der Waals surface area (Å²) in [6.45, 7) is 0.191. The van der Waals surface area contributed by atoms with Crippen LogP contribution < -0.4 is 9.47 Å². The standard InChI is InChI=1S/C11H6Cl3N3O2/c12-11(13,14)10-16-6-3-8-9(19-5-18-8)4-7(6)17(10)2-1-15/h3-4H,2,5H2. The molecule has 2 heterocycles. The lowest BCUT2D eigenvalue weighted by molar-refractivity contribution is 0.174. The Bertz CT molecular complexity index is 700. The van der Waals surface area contributed by atoms with Gasteiger partial charge in [-0.1, -0.05) is 34.8 Å². The molecule has 0 bridgehead atoms. The second-order valence-corrected chi connectivity index (χ2v) is 6.15. The maximum Gasteiger partial charge on any atom is 0.248 e. The van der Waals surface area contributed by atoms with E-state index in [1.807, 2.05) is 6.07 Å². The zero-order chi connectivity index (χ0) is 13.6. The van der Waals surface area contributed by atoms with Crippen LogP contribution in [0.2, 0.25) is 0 Å². The molecule has 0 saturated heterocycles. The van der Waals surface area contributed by atoms with E-state index in [2.05, 4.69) is 4.98 Å². The number of ether oxygens (including phenoxy) is 2. The molecule has 0 N–H and O–H groups in total. The van der Waals surface area contributed by atoms with Crippen molar-refractivity contribution in [2.45, 2.75) is 10.3 Å². The smallest absolute Gasteiger partial charge is 0.248 e. The van der Waals surface area contributed by atoms with E-state index < -0.39 is 3.79 Å². The molecule has 1 aromatic heterocycles. The van der Waals surface area contributed by atoms with Gasteiger partial charge in [-0.05, 0) is 0 Å². The van der Waals surface area contributed by atoms with Gasteiger partial charge in [-0.25, -0.2) is 4.98 Å². The van der Waals surface area contributed by atoms with Gasteiger partial charge >= 0.3 is 0 Å². The average Bonchev–Trinajstić information content (AvgIpc) is 2.90. The number of hydrogen-bond acceptors (Lipinski definition) is 4. The summed E-state index contributed by atoms with van der Waals surface area (Å²) in [6.07, 6.45) is 0. The summed E-state index contributed by atoms with van der Waals surface area (Å²) in [4.78, 5) is 4.26. The van der Waals surface area contributed by atoms with E-state index >= 15 is 0 Å². The quantitative estimate of drug-likeness (QED) is 0.758. The molecule has 5 nitrogen and oxygen atoms in total. The van der Waals surface area contributed by atoms with E-state index in [4.69, 9.17) is 49.5 Å². The summed E-state index contributed by atoms with van der Waals surface area (Å²) in [7, 11) is 0. The molecular weight excluding hydrogens is 312 g/mol. The van der Waals surface area contributed by atoms with Gasteiger partial charge in [0, 0.05) is 12.1 Å². The Morgan fingerprint density at radius 2 is 2.00 bits per heavy atom. The Balaban J connectivity index is 2.29. The highest BCUT2D eigenvalue weighted by Gasteiger charge is 2.31. The van der Waals surface area contributed by atoms with Gasteiger partial charge in [0.25, 0.3) is 0 Å². The molecule has 0 aliphatic carbocycles. The lowest BCUT2D eigenvalue weighted by Gasteiger charge is -2.11. The van der Waals surface area contributed by atoms with Crippen LogP contribution in [0.5, 0.6) is 11.5 Å². The molecule has 1 aromatic carbocycles. The minimum atomic E-state index is -1.71. The lowest BCUT2D eigenvalue weighted by Crippen LogP contribution is -2.11. The van der Waals surface area contributed by atoms with Crippen molar-refractivity contribution in [1.29, 1.82) is 5.26 Å². The van der Waals surface area contributed by atoms with E-state index in [9.17, 15) is 0 Å². The fourth-order valence-electron chi connectivity index (χ4n) is 1.96. The van der Waals surface area contributed by atoms with Gasteiger partial charge in [0.1, 0.15) is 6.54 Å². The monoisotopic (exact) mass is 317 g/mol. The lowest BCUT2D eigenvalue weighted by atomic mass is 10.2. The predicted molar refractivity (Wildman–Crippen MR) is 70.7 cm³/mol. The molecular formula is C11H6Cl3N3O2. The summed E-state index contributed by atoms with van der Waals surface area (Å²) in [5, 5.41) is 8.90. The molecule has 3 rings (SSSR count). The fraction of sp³-hybridized carbons (Fsp3) is 0.273. The number of aromatic nitrogens is 2. The third-order valence-corrected chi connectivity index (χ3v) is 3.23. The van der Waals surface area contributed by atoms with Crippen molar-refractivity contribution < 1.29 is 9.47 Å². The molecule has 0 saturated carbocycles. The molecule has 19 heavy (non-hydrogen) atoms. The number of nitrogens with zero attached hydrogens (tertiary/aromatic N) is 3. The fourth-order valence-corrected chi connectivity index (χ4v) is 2.39. The van der Waals surface area contributed by atoms with E-state index in [0.717, 1.165) is 0 Å². The summed E-state index contributed by atoms with van der Waals surface area (Å²) < 4.78 is 10.4. The highest BCUT2D eigenvalue weighted by Crippen LogP contribution is 2.41. The minimum absolute atomic E-state index is 0.0272. The first-order valence-electron chi connectivity index (χ1n) is 5.25. The number of imidazole rings is 1. The summed E-state index contributed by atoms with van der Waals surface area (Å²) in [6, 6.07) is 5.44. The topological polar surface area (TPSA) is 60.1 Å². The van der Waals surface area contributed by atoms with Crippen molar-refractivity contribution in [3.63, 3.8) is 0 Å². The van der Waals surface area contributed by atoms with Crippen LogP contribution in [0.4, 0.5) is 0 Å². The molecule has 0 amide bonds. The maximum atomic E-state index is 8.90. The molecule has 98 valence electrons.